The summed E-state index contributed by atoms with van der Waals surface area (Å²) in [6.45, 7) is 5.68. The van der Waals surface area contributed by atoms with E-state index in [0.717, 1.165) is 44.2 Å². The Balaban J connectivity index is 1.17. The lowest BCUT2D eigenvalue weighted by atomic mass is 9.99. The number of hydrogen-bond donors (Lipinski definition) is 1. The Kier molecular flexibility index (Phi) is 5.82. The van der Waals surface area contributed by atoms with Crippen molar-refractivity contribution in [2.75, 3.05) is 32.8 Å². The molecule has 0 aromatic carbocycles. The van der Waals surface area contributed by atoms with Crippen LogP contribution in [0.5, 0.6) is 0 Å². The average molecular weight is 359 g/mol. The molecule has 6 heteroatoms. The normalized spacial score (nSPS) is 29.6. The summed E-state index contributed by atoms with van der Waals surface area (Å²) in [5.74, 6) is 1.43. The van der Waals surface area contributed by atoms with Crippen LogP contribution in [0.4, 0.5) is 0 Å². The molecule has 0 saturated carbocycles. The van der Waals surface area contributed by atoms with Gasteiger partial charge in [-0.2, -0.15) is 0 Å². The first-order valence-corrected chi connectivity index (χ1v) is 9.87. The predicted molar refractivity (Wildman–Crippen MR) is 97.5 cm³/mol. The van der Waals surface area contributed by atoms with Crippen LogP contribution >= 0.6 is 0 Å². The van der Waals surface area contributed by atoms with E-state index < -0.39 is 0 Å². The number of hydrogen-bond acceptors (Lipinski definition) is 5. The van der Waals surface area contributed by atoms with Crippen LogP contribution in [0.1, 0.15) is 31.2 Å². The van der Waals surface area contributed by atoms with Crippen LogP contribution in [-0.4, -0.2) is 60.8 Å². The molecule has 3 atom stereocenters. The summed E-state index contributed by atoms with van der Waals surface area (Å²) in [5, 5.41) is 2.97. The SMILES string of the molecule is O=C(C[C@@H]1C[C@H]2CN(CC3CCOCC3)C[C@H]2O1)NCc1cccnc1. The van der Waals surface area contributed by atoms with Gasteiger partial charge in [0.1, 0.15) is 0 Å². The number of nitrogens with zero attached hydrogens (tertiary/aromatic N) is 2. The van der Waals surface area contributed by atoms with Crippen molar-refractivity contribution < 1.29 is 14.3 Å². The molecule has 1 N–H and O–H groups in total. The molecule has 6 nitrogen and oxygen atoms in total. The molecule has 0 aliphatic carbocycles. The van der Waals surface area contributed by atoms with E-state index in [0.29, 0.717) is 25.0 Å². The number of rotatable bonds is 6. The molecule has 0 unspecified atom stereocenters. The lowest BCUT2D eigenvalue weighted by molar-refractivity contribution is -0.124. The first kappa shape index (κ1) is 17.9. The maximum Gasteiger partial charge on any atom is 0.222 e. The lowest BCUT2D eigenvalue weighted by Crippen LogP contribution is -2.33. The van der Waals surface area contributed by atoms with E-state index in [4.69, 9.17) is 9.47 Å². The number of pyridine rings is 1. The Hall–Kier alpha value is -1.50. The molecule has 4 rings (SSSR count). The Bertz CT molecular complexity index is 577. The Morgan fingerprint density at radius 2 is 2.19 bits per heavy atom. The van der Waals surface area contributed by atoms with Gasteiger partial charge in [-0.25, -0.2) is 0 Å². The number of amides is 1. The maximum absolute atomic E-state index is 12.2. The van der Waals surface area contributed by atoms with Crippen molar-refractivity contribution in [1.82, 2.24) is 15.2 Å². The van der Waals surface area contributed by atoms with Gasteiger partial charge in [0, 0.05) is 57.7 Å². The van der Waals surface area contributed by atoms with Crippen molar-refractivity contribution in [2.45, 2.75) is 44.4 Å². The molecule has 1 aromatic heterocycles. The molecule has 26 heavy (non-hydrogen) atoms. The highest BCUT2D eigenvalue weighted by atomic mass is 16.5. The van der Waals surface area contributed by atoms with E-state index in [9.17, 15) is 4.79 Å². The third kappa shape index (κ3) is 4.61. The molecule has 1 amide bonds. The smallest absolute Gasteiger partial charge is 0.222 e. The predicted octanol–water partition coefficient (Wildman–Crippen LogP) is 1.60. The van der Waals surface area contributed by atoms with Crippen molar-refractivity contribution in [3.05, 3.63) is 30.1 Å². The molecular weight excluding hydrogens is 330 g/mol. The fourth-order valence-electron chi connectivity index (χ4n) is 4.51. The van der Waals surface area contributed by atoms with Gasteiger partial charge < -0.3 is 19.7 Å². The van der Waals surface area contributed by atoms with Gasteiger partial charge in [-0.05, 0) is 36.8 Å². The highest BCUT2D eigenvalue weighted by Gasteiger charge is 2.42. The van der Waals surface area contributed by atoms with Gasteiger partial charge >= 0.3 is 0 Å². The van der Waals surface area contributed by atoms with Crippen molar-refractivity contribution in [3.8, 4) is 0 Å². The number of ether oxygens (including phenoxy) is 2. The summed E-state index contributed by atoms with van der Waals surface area (Å²) in [4.78, 5) is 18.8. The molecule has 0 spiro atoms. The summed E-state index contributed by atoms with van der Waals surface area (Å²) < 4.78 is 11.6. The molecule has 142 valence electrons. The van der Waals surface area contributed by atoms with Crippen molar-refractivity contribution >= 4 is 5.91 Å². The molecule has 3 aliphatic rings. The highest BCUT2D eigenvalue weighted by Crippen LogP contribution is 2.35. The van der Waals surface area contributed by atoms with Gasteiger partial charge in [0.25, 0.3) is 0 Å². The summed E-state index contributed by atoms with van der Waals surface area (Å²) in [5.41, 5.74) is 1.02. The average Bonchev–Trinajstić information content (AvgIpc) is 3.19. The monoisotopic (exact) mass is 359 g/mol. The van der Waals surface area contributed by atoms with Gasteiger partial charge in [0.2, 0.25) is 5.91 Å². The number of fused-ring (bicyclic) bond motifs is 1. The van der Waals surface area contributed by atoms with Crippen molar-refractivity contribution in [3.63, 3.8) is 0 Å². The number of aromatic nitrogens is 1. The third-order valence-corrected chi connectivity index (χ3v) is 5.87. The Labute approximate surface area is 155 Å². The van der Waals surface area contributed by atoms with Crippen LogP contribution in [0.2, 0.25) is 0 Å². The summed E-state index contributed by atoms with van der Waals surface area (Å²) in [7, 11) is 0. The van der Waals surface area contributed by atoms with Crippen LogP contribution in [-0.2, 0) is 20.8 Å². The molecular formula is C20H29N3O3. The molecule has 1 aromatic rings. The minimum Gasteiger partial charge on any atom is -0.381 e. The molecule has 0 radical (unpaired) electrons. The molecule has 3 saturated heterocycles. The second-order valence-corrected chi connectivity index (χ2v) is 7.91. The van der Waals surface area contributed by atoms with Crippen LogP contribution < -0.4 is 5.32 Å². The zero-order valence-corrected chi connectivity index (χ0v) is 15.3. The molecule has 0 bridgehead atoms. The van der Waals surface area contributed by atoms with E-state index in [1.54, 1.807) is 12.4 Å². The lowest BCUT2D eigenvalue weighted by Gasteiger charge is -2.27. The second-order valence-electron chi connectivity index (χ2n) is 7.91. The number of nitrogens with one attached hydrogen (secondary N) is 1. The zero-order chi connectivity index (χ0) is 17.8. The topological polar surface area (TPSA) is 63.7 Å². The maximum atomic E-state index is 12.2. The van der Waals surface area contributed by atoms with Gasteiger partial charge in [0.05, 0.1) is 18.6 Å². The van der Waals surface area contributed by atoms with E-state index in [2.05, 4.69) is 15.2 Å². The Morgan fingerprint density at radius 3 is 2.96 bits per heavy atom. The number of carbonyl (C=O) groups excluding carboxylic acids is 1. The summed E-state index contributed by atoms with van der Waals surface area (Å²) in [6.07, 6.45) is 7.75. The van der Waals surface area contributed by atoms with Gasteiger partial charge in [-0.1, -0.05) is 6.07 Å². The fraction of sp³-hybridized carbons (Fsp3) is 0.700. The zero-order valence-electron chi connectivity index (χ0n) is 15.3. The van der Waals surface area contributed by atoms with E-state index in [1.165, 1.54) is 19.4 Å². The Morgan fingerprint density at radius 1 is 1.31 bits per heavy atom. The molecule has 4 heterocycles. The number of carbonyl (C=O) groups is 1. The minimum absolute atomic E-state index is 0.0675. The van der Waals surface area contributed by atoms with Crippen LogP contribution in [0.25, 0.3) is 0 Å². The first-order chi connectivity index (χ1) is 12.8. The van der Waals surface area contributed by atoms with Gasteiger partial charge in [-0.3, -0.25) is 9.78 Å². The van der Waals surface area contributed by atoms with E-state index in [1.807, 2.05) is 12.1 Å². The number of likely N-dealkylation sites (tertiary alicyclic amines) is 1. The van der Waals surface area contributed by atoms with Gasteiger partial charge in [-0.15, -0.1) is 0 Å². The fourth-order valence-corrected chi connectivity index (χ4v) is 4.51. The summed E-state index contributed by atoms with van der Waals surface area (Å²) >= 11 is 0. The van der Waals surface area contributed by atoms with Gasteiger partial charge in [0.15, 0.2) is 0 Å². The molecule has 3 fully saturated rings. The minimum atomic E-state index is 0.0675. The third-order valence-electron chi connectivity index (χ3n) is 5.87. The largest absolute Gasteiger partial charge is 0.381 e. The second kappa shape index (κ2) is 8.46. The summed E-state index contributed by atoms with van der Waals surface area (Å²) in [6, 6.07) is 3.85. The van der Waals surface area contributed by atoms with E-state index >= 15 is 0 Å². The van der Waals surface area contributed by atoms with Crippen LogP contribution in [0, 0.1) is 11.8 Å². The molecule has 3 aliphatic heterocycles. The van der Waals surface area contributed by atoms with E-state index in [-0.39, 0.29) is 12.0 Å². The first-order valence-electron chi connectivity index (χ1n) is 9.87. The van der Waals surface area contributed by atoms with Crippen molar-refractivity contribution in [1.29, 1.82) is 0 Å². The highest BCUT2D eigenvalue weighted by molar-refractivity contribution is 5.76. The standard InChI is InChI=1S/C20H29N3O3/c24-20(22-11-16-2-1-5-21-10-16)9-18-8-17-13-23(14-19(17)26-18)12-15-3-6-25-7-4-15/h1-2,5,10,15,17-19H,3-4,6-9,11-14H2,(H,22,24)/t17-,18-,19+/m0/s1. The van der Waals surface area contributed by atoms with Crippen molar-refractivity contribution in [2.24, 2.45) is 11.8 Å². The quantitative estimate of drug-likeness (QED) is 0.836. The van der Waals surface area contributed by atoms with Crippen LogP contribution in [0.15, 0.2) is 24.5 Å². The van der Waals surface area contributed by atoms with Crippen LogP contribution in [0.3, 0.4) is 0 Å².